The van der Waals surface area contributed by atoms with Gasteiger partial charge in [-0.1, -0.05) is 170 Å². The van der Waals surface area contributed by atoms with Gasteiger partial charge in [0.15, 0.2) is 0 Å². The van der Waals surface area contributed by atoms with Crippen LogP contribution in [0.25, 0.3) is 93.6 Å². The average Bonchev–Trinajstić information content (AvgIpc) is 3.89. The van der Waals surface area contributed by atoms with E-state index < -0.39 is 0 Å². The van der Waals surface area contributed by atoms with E-state index >= 15 is 0 Å². The fourth-order valence-electron chi connectivity index (χ4n) is 9.44. The van der Waals surface area contributed by atoms with Crippen LogP contribution in [-0.2, 0) is 0 Å². The van der Waals surface area contributed by atoms with Gasteiger partial charge in [0.25, 0.3) is 0 Å². The van der Waals surface area contributed by atoms with Gasteiger partial charge in [-0.2, -0.15) is 0 Å². The van der Waals surface area contributed by atoms with E-state index in [9.17, 15) is 0 Å². The third-order valence-electron chi connectivity index (χ3n) is 12.2. The monoisotopic (exact) mass is 778 g/mol. The Morgan fingerprint density at radius 2 is 1.02 bits per heavy atom. The Morgan fingerprint density at radius 1 is 0.361 bits per heavy atom. The van der Waals surface area contributed by atoms with E-state index in [2.05, 4.69) is 234 Å². The highest BCUT2D eigenvalue weighted by Gasteiger charge is 2.25. The zero-order valence-electron chi connectivity index (χ0n) is 33.2. The predicted molar refractivity (Wildman–Crippen MR) is 257 cm³/mol. The molecule has 0 aliphatic heterocycles. The second-order valence-corrected chi connectivity index (χ2v) is 15.7. The summed E-state index contributed by atoms with van der Waals surface area (Å²) in [6.07, 6.45) is 0. The highest BCUT2D eigenvalue weighted by atomic mass is 16.3. The van der Waals surface area contributed by atoms with Crippen LogP contribution < -0.4 is 4.90 Å². The summed E-state index contributed by atoms with van der Waals surface area (Å²) in [4.78, 5) is 2.47. The minimum Gasteiger partial charge on any atom is -0.455 e. The van der Waals surface area contributed by atoms with Gasteiger partial charge in [0.1, 0.15) is 11.2 Å². The molecule has 0 N–H and O–H groups in total. The fraction of sp³-hybridized carbons (Fsp3) is 0. The van der Waals surface area contributed by atoms with Gasteiger partial charge in [-0.05, 0) is 93.7 Å². The maximum Gasteiger partial charge on any atom is 0.143 e. The summed E-state index contributed by atoms with van der Waals surface area (Å²) in [5, 5.41) is 7.04. The zero-order chi connectivity index (χ0) is 40.3. The number of aromatic nitrogens is 1. The lowest BCUT2D eigenvalue weighted by atomic mass is 9.92. The molecule has 0 radical (unpaired) electrons. The molecule has 0 fully saturated rings. The summed E-state index contributed by atoms with van der Waals surface area (Å²) >= 11 is 0. The van der Waals surface area contributed by atoms with Crippen molar-refractivity contribution in [2.24, 2.45) is 0 Å². The van der Waals surface area contributed by atoms with Crippen LogP contribution in [0.15, 0.2) is 235 Å². The molecule has 61 heavy (non-hydrogen) atoms. The Kier molecular flexibility index (Phi) is 8.17. The van der Waals surface area contributed by atoms with Gasteiger partial charge >= 0.3 is 0 Å². The Morgan fingerprint density at radius 3 is 1.90 bits per heavy atom. The molecular weight excluding hydrogens is 741 g/mol. The molecule has 0 saturated carbocycles. The van der Waals surface area contributed by atoms with Crippen molar-refractivity contribution in [1.82, 2.24) is 4.57 Å². The number of hydrogen-bond acceptors (Lipinski definition) is 2. The first-order valence-corrected chi connectivity index (χ1v) is 20.8. The molecule has 2 heterocycles. The molecule has 10 aromatic carbocycles. The first-order chi connectivity index (χ1) is 30.3. The molecule has 0 bridgehead atoms. The number of anilines is 3. The Balaban J connectivity index is 1.17. The van der Waals surface area contributed by atoms with Crippen molar-refractivity contribution in [2.45, 2.75) is 0 Å². The lowest BCUT2D eigenvalue weighted by Gasteiger charge is -2.29. The Bertz CT molecular complexity index is 3600. The average molecular weight is 779 g/mol. The van der Waals surface area contributed by atoms with Crippen molar-refractivity contribution in [2.75, 3.05) is 4.90 Å². The summed E-state index contributed by atoms with van der Waals surface area (Å²) in [5.74, 6) is 0. The fourth-order valence-corrected chi connectivity index (χ4v) is 9.44. The number of nitrogens with zero attached hydrogens (tertiary/aromatic N) is 2. The summed E-state index contributed by atoms with van der Waals surface area (Å²) < 4.78 is 9.11. The van der Waals surface area contributed by atoms with E-state index in [0.717, 1.165) is 78.0 Å². The zero-order valence-corrected chi connectivity index (χ0v) is 33.2. The van der Waals surface area contributed by atoms with Gasteiger partial charge in [-0.25, -0.2) is 0 Å². The number of hydrogen-bond donors (Lipinski definition) is 0. The normalized spacial score (nSPS) is 11.6. The Labute approximate surface area is 353 Å². The van der Waals surface area contributed by atoms with Gasteiger partial charge in [-0.3, -0.25) is 0 Å². The molecule has 0 aliphatic rings. The van der Waals surface area contributed by atoms with E-state index in [-0.39, 0.29) is 0 Å². The molecule has 0 atom stereocenters. The molecule has 12 aromatic rings. The number of furan rings is 1. The largest absolute Gasteiger partial charge is 0.455 e. The lowest BCUT2D eigenvalue weighted by molar-refractivity contribution is 0.670. The van der Waals surface area contributed by atoms with Crippen molar-refractivity contribution in [3.05, 3.63) is 231 Å². The molecule has 3 heteroatoms. The molecule has 0 saturated heterocycles. The number of fused-ring (bicyclic) bond motifs is 7. The standard InChI is InChI=1S/C58H38N2O/c1-3-18-40(19-4-1)51-38-44(35-36-45(51)42-34-33-39-17-7-8-20-41(39)37-42)60(52-28-12-9-23-46(52)48-26-15-27-49-47-24-11-14-32-56(47)61-58(48)49)55-31-16-30-54-57(55)50-25-10-13-29-53(50)59(54)43-21-5-2-6-22-43/h1-38H. The number of benzene rings is 10. The maximum atomic E-state index is 6.71. The number of rotatable bonds is 7. The SMILES string of the molecule is c1ccc(-c2cc(N(c3ccccc3-c3cccc4c3oc3ccccc34)c3cccc4c3c3ccccc3n4-c3ccccc3)ccc2-c2ccc3ccccc3c2)cc1. The summed E-state index contributed by atoms with van der Waals surface area (Å²) in [6, 6.07) is 83.0. The third-order valence-corrected chi connectivity index (χ3v) is 12.2. The van der Waals surface area contributed by atoms with Crippen LogP contribution in [0.1, 0.15) is 0 Å². The first-order valence-electron chi connectivity index (χ1n) is 20.8. The van der Waals surface area contributed by atoms with Crippen LogP contribution in [0, 0.1) is 0 Å². The maximum absolute atomic E-state index is 6.71. The smallest absolute Gasteiger partial charge is 0.143 e. The molecule has 0 unspecified atom stereocenters. The topological polar surface area (TPSA) is 21.3 Å². The highest BCUT2D eigenvalue weighted by Crippen LogP contribution is 2.49. The van der Waals surface area contributed by atoms with Gasteiger partial charge in [0.2, 0.25) is 0 Å². The summed E-state index contributed by atoms with van der Waals surface area (Å²) in [5.41, 5.74) is 15.2. The van der Waals surface area contributed by atoms with Crippen LogP contribution >= 0.6 is 0 Å². The van der Waals surface area contributed by atoms with E-state index in [4.69, 9.17) is 4.42 Å². The second-order valence-electron chi connectivity index (χ2n) is 15.7. The van der Waals surface area contributed by atoms with Crippen LogP contribution in [-0.4, -0.2) is 4.57 Å². The van der Waals surface area contributed by atoms with Crippen LogP contribution in [0.5, 0.6) is 0 Å². The Hall–Kier alpha value is -8.14. The molecule has 0 amide bonds. The van der Waals surface area contributed by atoms with Crippen LogP contribution in [0.4, 0.5) is 17.1 Å². The number of para-hydroxylation sites is 5. The van der Waals surface area contributed by atoms with Crippen LogP contribution in [0.2, 0.25) is 0 Å². The minimum absolute atomic E-state index is 0.881. The third kappa shape index (κ3) is 5.74. The quantitative estimate of drug-likeness (QED) is 0.161. The van der Waals surface area contributed by atoms with Gasteiger partial charge in [0.05, 0.1) is 22.4 Å². The first kappa shape index (κ1) is 34.9. The summed E-state index contributed by atoms with van der Waals surface area (Å²) in [6.45, 7) is 0. The van der Waals surface area contributed by atoms with Gasteiger partial charge < -0.3 is 13.9 Å². The summed E-state index contributed by atoms with van der Waals surface area (Å²) in [7, 11) is 0. The van der Waals surface area contributed by atoms with Crippen molar-refractivity contribution in [3.63, 3.8) is 0 Å². The molecule has 286 valence electrons. The van der Waals surface area contributed by atoms with Gasteiger partial charge in [0, 0.05) is 44.0 Å². The van der Waals surface area contributed by atoms with Crippen molar-refractivity contribution in [3.8, 4) is 39.1 Å². The molecular formula is C58H38N2O. The predicted octanol–water partition coefficient (Wildman–Crippen LogP) is 16.3. The molecule has 3 nitrogen and oxygen atoms in total. The lowest BCUT2D eigenvalue weighted by Crippen LogP contribution is -2.12. The molecule has 2 aromatic heterocycles. The second kappa shape index (κ2) is 14.3. The van der Waals surface area contributed by atoms with E-state index in [0.29, 0.717) is 0 Å². The van der Waals surface area contributed by atoms with Crippen LogP contribution in [0.3, 0.4) is 0 Å². The van der Waals surface area contributed by atoms with E-state index in [1.54, 1.807) is 0 Å². The highest BCUT2D eigenvalue weighted by molar-refractivity contribution is 6.18. The molecule has 0 spiro atoms. The van der Waals surface area contributed by atoms with Crippen molar-refractivity contribution < 1.29 is 4.42 Å². The van der Waals surface area contributed by atoms with Gasteiger partial charge in [-0.15, -0.1) is 0 Å². The molecule has 12 rings (SSSR count). The minimum atomic E-state index is 0.881. The van der Waals surface area contributed by atoms with E-state index in [1.165, 1.54) is 32.7 Å². The van der Waals surface area contributed by atoms with Crippen molar-refractivity contribution in [1.29, 1.82) is 0 Å². The van der Waals surface area contributed by atoms with E-state index in [1.807, 2.05) is 6.07 Å². The molecule has 0 aliphatic carbocycles. The van der Waals surface area contributed by atoms with Crippen molar-refractivity contribution >= 4 is 71.6 Å².